The summed E-state index contributed by atoms with van der Waals surface area (Å²) in [4.78, 5) is 25.3. The maximum absolute atomic E-state index is 13.2. The molecule has 0 fully saturated rings. The summed E-state index contributed by atoms with van der Waals surface area (Å²) in [6.07, 6.45) is 5.32. The van der Waals surface area contributed by atoms with Gasteiger partial charge < -0.3 is 9.67 Å². The Labute approximate surface area is 173 Å². The van der Waals surface area contributed by atoms with Gasteiger partial charge in [-0.25, -0.2) is 0 Å². The number of carbonyl (C=O) groups is 2. The summed E-state index contributed by atoms with van der Waals surface area (Å²) < 4.78 is 1.85. The Hall–Kier alpha value is -2.87. The van der Waals surface area contributed by atoms with Crippen LogP contribution in [0.5, 0.6) is 0 Å². The summed E-state index contributed by atoms with van der Waals surface area (Å²) in [6.45, 7) is 5.98. The van der Waals surface area contributed by atoms with Gasteiger partial charge in [0, 0.05) is 18.3 Å². The predicted molar refractivity (Wildman–Crippen MR) is 113 cm³/mol. The molecule has 2 rings (SSSR count). The van der Waals surface area contributed by atoms with Crippen molar-refractivity contribution >= 4 is 11.8 Å². The Morgan fingerprint density at radius 2 is 1.79 bits per heavy atom. The molecular formula is C24H30N2O3. The molecule has 154 valence electrons. The van der Waals surface area contributed by atoms with Crippen LogP contribution in [-0.4, -0.2) is 21.4 Å². The van der Waals surface area contributed by atoms with E-state index >= 15 is 0 Å². The third-order valence-electron chi connectivity index (χ3n) is 5.63. The van der Waals surface area contributed by atoms with Crippen LogP contribution in [-0.2, 0) is 18.3 Å². The van der Waals surface area contributed by atoms with E-state index in [1.807, 2.05) is 25.5 Å². The number of hydrogen-bond acceptors (Lipinski definition) is 3. The van der Waals surface area contributed by atoms with Crippen LogP contribution >= 0.6 is 0 Å². The Kier molecular flexibility index (Phi) is 7.78. The van der Waals surface area contributed by atoms with Gasteiger partial charge in [0.05, 0.1) is 23.2 Å². The second kappa shape index (κ2) is 10.1. The number of nitriles is 1. The number of unbranched alkanes of at least 4 members (excludes halogenated alkanes) is 3. The number of hydrogen-bond donors (Lipinski definition) is 1. The zero-order valence-corrected chi connectivity index (χ0v) is 17.8. The molecule has 0 aliphatic carbocycles. The van der Waals surface area contributed by atoms with E-state index in [1.54, 1.807) is 24.3 Å². The Morgan fingerprint density at radius 3 is 2.31 bits per heavy atom. The second-order valence-electron chi connectivity index (χ2n) is 7.50. The fourth-order valence-electron chi connectivity index (χ4n) is 4.12. The summed E-state index contributed by atoms with van der Waals surface area (Å²) in [5.74, 6) is -1.58. The van der Waals surface area contributed by atoms with Crippen LogP contribution in [0.25, 0.3) is 0 Å². The van der Waals surface area contributed by atoms with Crippen molar-refractivity contribution in [1.82, 2.24) is 4.57 Å². The minimum Gasteiger partial charge on any atom is -0.481 e. The van der Waals surface area contributed by atoms with E-state index < -0.39 is 11.9 Å². The van der Waals surface area contributed by atoms with Crippen LogP contribution in [0.4, 0.5) is 0 Å². The summed E-state index contributed by atoms with van der Waals surface area (Å²) >= 11 is 0. The van der Waals surface area contributed by atoms with Crippen molar-refractivity contribution in [3.05, 3.63) is 57.9 Å². The molecule has 1 N–H and O–H groups in total. The summed E-state index contributed by atoms with van der Waals surface area (Å²) in [5, 5.41) is 18.9. The van der Waals surface area contributed by atoms with E-state index in [0.717, 1.165) is 42.5 Å². The van der Waals surface area contributed by atoms with Gasteiger partial charge in [-0.1, -0.05) is 39.5 Å². The fraction of sp³-hybridized carbons (Fsp3) is 0.458. The van der Waals surface area contributed by atoms with E-state index in [9.17, 15) is 14.7 Å². The van der Waals surface area contributed by atoms with Crippen LogP contribution in [0.3, 0.4) is 0 Å². The number of rotatable bonds is 10. The molecule has 0 aliphatic rings. The lowest BCUT2D eigenvalue weighted by molar-refractivity contribution is -0.139. The van der Waals surface area contributed by atoms with E-state index in [1.165, 1.54) is 0 Å². The first-order chi connectivity index (χ1) is 13.9. The fourth-order valence-corrected chi connectivity index (χ4v) is 4.12. The number of nitrogens with zero attached hydrogens (tertiary/aromatic N) is 2. The maximum atomic E-state index is 13.2. The largest absolute Gasteiger partial charge is 0.481 e. The molecule has 5 nitrogen and oxygen atoms in total. The first kappa shape index (κ1) is 22.4. The minimum absolute atomic E-state index is 0.148. The SMILES string of the molecule is CCCCCCC(C(=O)O)c1c(C)c(C(=O)c2ccc(C#N)cc2)n(C)c1CC. The van der Waals surface area contributed by atoms with E-state index in [2.05, 4.69) is 13.0 Å². The standard InChI is InChI=1S/C24H30N2O3/c1-5-7-8-9-10-19(24(28)29)21-16(3)22(26(4)20(21)6-2)23(27)18-13-11-17(15-25)12-14-18/h11-14,19H,5-10H2,1-4H3,(H,28,29). The van der Waals surface area contributed by atoms with Crippen LogP contribution in [0.1, 0.15) is 90.3 Å². The van der Waals surface area contributed by atoms with Crippen LogP contribution in [0.15, 0.2) is 24.3 Å². The van der Waals surface area contributed by atoms with Crippen molar-refractivity contribution in [2.45, 2.75) is 65.2 Å². The Morgan fingerprint density at radius 1 is 1.14 bits per heavy atom. The first-order valence-corrected chi connectivity index (χ1v) is 10.3. The Balaban J connectivity index is 2.47. The van der Waals surface area contributed by atoms with Gasteiger partial charge in [0.25, 0.3) is 0 Å². The molecule has 0 saturated carbocycles. The van der Waals surface area contributed by atoms with Crippen molar-refractivity contribution in [3.63, 3.8) is 0 Å². The lowest BCUT2D eigenvalue weighted by Gasteiger charge is -2.15. The molecule has 0 radical (unpaired) electrons. The zero-order chi connectivity index (χ0) is 21.6. The van der Waals surface area contributed by atoms with Crippen molar-refractivity contribution in [1.29, 1.82) is 5.26 Å². The highest BCUT2D eigenvalue weighted by Gasteiger charge is 2.30. The van der Waals surface area contributed by atoms with Crippen LogP contribution in [0.2, 0.25) is 0 Å². The molecule has 0 spiro atoms. The number of carboxylic acid groups (broad SMARTS) is 1. The van der Waals surface area contributed by atoms with E-state index in [4.69, 9.17) is 5.26 Å². The van der Waals surface area contributed by atoms with Gasteiger partial charge in [0.2, 0.25) is 5.78 Å². The van der Waals surface area contributed by atoms with Crippen LogP contribution in [0, 0.1) is 18.3 Å². The predicted octanol–water partition coefficient (Wildman–Crippen LogP) is 5.14. The minimum atomic E-state index is -0.831. The van der Waals surface area contributed by atoms with Gasteiger partial charge in [0.15, 0.2) is 0 Å². The third-order valence-corrected chi connectivity index (χ3v) is 5.63. The molecular weight excluding hydrogens is 364 g/mol. The molecule has 5 heteroatoms. The highest BCUT2D eigenvalue weighted by molar-refractivity contribution is 6.09. The van der Waals surface area contributed by atoms with Crippen molar-refractivity contribution in [2.24, 2.45) is 7.05 Å². The number of aromatic nitrogens is 1. The summed E-state index contributed by atoms with van der Waals surface area (Å²) in [7, 11) is 1.84. The van der Waals surface area contributed by atoms with Gasteiger partial charge in [-0.05, 0) is 55.2 Å². The van der Waals surface area contributed by atoms with Crippen molar-refractivity contribution in [3.8, 4) is 6.07 Å². The summed E-state index contributed by atoms with van der Waals surface area (Å²) in [5.41, 5.74) is 3.97. The zero-order valence-electron chi connectivity index (χ0n) is 17.8. The molecule has 1 unspecified atom stereocenters. The quantitative estimate of drug-likeness (QED) is 0.447. The molecule has 0 amide bonds. The normalized spacial score (nSPS) is 11.8. The molecule has 1 heterocycles. The van der Waals surface area contributed by atoms with E-state index in [-0.39, 0.29) is 5.78 Å². The highest BCUT2D eigenvalue weighted by atomic mass is 16.4. The molecule has 0 bridgehead atoms. The number of carbonyl (C=O) groups excluding carboxylic acids is 1. The lowest BCUT2D eigenvalue weighted by atomic mass is 9.89. The van der Waals surface area contributed by atoms with Gasteiger partial charge in [-0.15, -0.1) is 0 Å². The molecule has 0 aliphatic heterocycles. The lowest BCUT2D eigenvalue weighted by Crippen LogP contribution is -2.14. The number of carboxylic acids is 1. The van der Waals surface area contributed by atoms with Crippen LogP contribution < -0.4 is 0 Å². The van der Waals surface area contributed by atoms with Crippen molar-refractivity contribution in [2.75, 3.05) is 0 Å². The molecule has 1 aromatic heterocycles. The molecule has 0 saturated heterocycles. The average molecular weight is 395 g/mol. The molecule has 2 aromatic rings. The second-order valence-corrected chi connectivity index (χ2v) is 7.50. The summed E-state index contributed by atoms with van der Waals surface area (Å²) in [6, 6.07) is 8.61. The smallest absolute Gasteiger partial charge is 0.311 e. The molecule has 1 atom stereocenters. The Bertz CT molecular complexity index is 917. The first-order valence-electron chi connectivity index (χ1n) is 10.3. The number of benzene rings is 1. The maximum Gasteiger partial charge on any atom is 0.311 e. The molecule has 29 heavy (non-hydrogen) atoms. The average Bonchev–Trinajstić information content (AvgIpc) is 2.96. The van der Waals surface area contributed by atoms with Gasteiger partial charge in [-0.2, -0.15) is 5.26 Å². The molecule has 1 aromatic carbocycles. The van der Waals surface area contributed by atoms with Crippen molar-refractivity contribution < 1.29 is 14.7 Å². The highest BCUT2D eigenvalue weighted by Crippen LogP contribution is 2.34. The topological polar surface area (TPSA) is 83.1 Å². The van der Waals surface area contributed by atoms with Gasteiger partial charge in [0.1, 0.15) is 0 Å². The third kappa shape index (κ3) is 4.76. The van der Waals surface area contributed by atoms with Gasteiger partial charge in [-0.3, -0.25) is 9.59 Å². The van der Waals surface area contributed by atoms with E-state index in [0.29, 0.717) is 29.7 Å². The number of ketones is 1. The monoisotopic (exact) mass is 394 g/mol. The number of aliphatic carboxylic acids is 1. The van der Waals surface area contributed by atoms with Gasteiger partial charge >= 0.3 is 5.97 Å².